The monoisotopic (exact) mass is 290 g/mol. The van der Waals surface area contributed by atoms with Gasteiger partial charge < -0.3 is 15.7 Å². The lowest BCUT2D eigenvalue weighted by molar-refractivity contribution is -0.132. The van der Waals surface area contributed by atoms with Crippen LogP contribution >= 0.6 is 0 Å². The lowest BCUT2D eigenvalue weighted by atomic mass is 9.85. The minimum absolute atomic E-state index is 0.0190. The van der Waals surface area contributed by atoms with E-state index in [0.29, 0.717) is 19.5 Å². The van der Waals surface area contributed by atoms with Crippen molar-refractivity contribution in [3.63, 3.8) is 0 Å². The lowest BCUT2D eigenvalue weighted by Gasteiger charge is -2.28. The Bertz CT molecular complexity index is 575. The fourth-order valence-corrected chi connectivity index (χ4v) is 2.33. The normalized spacial score (nSPS) is 15.7. The van der Waals surface area contributed by atoms with Gasteiger partial charge in [-0.25, -0.2) is 4.79 Å². The van der Waals surface area contributed by atoms with E-state index in [2.05, 4.69) is 0 Å². The van der Waals surface area contributed by atoms with Gasteiger partial charge in [-0.05, 0) is 28.7 Å². The van der Waals surface area contributed by atoms with Crippen LogP contribution in [0.3, 0.4) is 0 Å². The summed E-state index contributed by atoms with van der Waals surface area (Å²) in [5, 5.41) is 9.00. The Balaban J connectivity index is 2.06. The van der Waals surface area contributed by atoms with Crippen molar-refractivity contribution in [2.45, 2.75) is 46.3 Å². The molecule has 0 bridgehead atoms. The minimum atomic E-state index is -0.947. The van der Waals surface area contributed by atoms with Crippen molar-refractivity contribution >= 4 is 11.9 Å². The third kappa shape index (κ3) is 3.42. The molecule has 0 aromatic heterocycles. The quantitative estimate of drug-likeness (QED) is 0.891. The highest BCUT2D eigenvalue weighted by Crippen LogP contribution is 2.26. The molecule has 114 valence electrons. The molecule has 5 heteroatoms. The first-order chi connectivity index (χ1) is 9.68. The van der Waals surface area contributed by atoms with Crippen LogP contribution in [0.15, 0.2) is 18.2 Å². The van der Waals surface area contributed by atoms with Crippen molar-refractivity contribution in [1.82, 2.24) is 4.90 Å². The molecule has 0 radical (unpaired) electrons. The van der Waals surface area contributed by atoms with Gasteiger partial charge in [-0.1, -0.05) is 26.8 Å². The number of carbonyl (C=O) groups is 2. The first-order valence-corrected chi connectivity index (χ1v) is 7.07. The second-order valence-electron chi connectivity index (χ2n) is 6.72. The predicted molar refractivity (Wildman–Crippen MR) is 79.7 cm³/mol. The van der Waals surface area contributed by atoms with Crippen LogP contribution in [0.4, 0.5) is 0 Å². The van der Waals surface area contributed by atoms with Gasteiger partial charge in [0.25, 0.3) is 0 Å². The van der Waals surface area contributed by atoms with Crippen molar-refractivity contribution in [2.75, 3.05) is 0 Å². The maximum Gasteiger partial charge on any atom is 0.335 e. The molecule has 1 amide bonds. The molecular formula is C16H22N2O3. The fourth-order valence-electron chi connectivity index (χ4n) is 2.33. The third-order valence-electron chi connectivity index (χ3n) is 4.04. The largest absolute Gasteiger partial charge is 0.478 e. The van der Waals surface area contributed by atoms with Gasteiger partial charge >= 0.3 is 5.97 Å². The Kier molecular flexibility index (Phi) is 4.05. The molecule has 2 rings (SSSR count). The number of carbonyl (C=O) groups excluding carboxylic acids is 1. The van der Waals surface area contributed by atoms with E-state index >= 15 is 0 Å². The van der Waals surface area contributed by atoms with Gasteiger partial charge in [0.15, 0.2) is 0 Å². The molecule has 0 fully saturated rings. The summed E-state index contributed by atoms with van der Waals surface area (Å²) in [6.45, 7) is 7.05. The molecule has 0 spiro atoms. The zero-order chi connectivity index (χ0) is 15.8. The molecule has 1 unspecified atom stereocenters. The summed E-state index contributed by atoms with van der Waals surface area (Å²) in [4.78, 5) is 25.0. The number of nitrogens with zero attached hydrogens (tertiary/aromatic N) is 1. The van der Waals surface area contributed by atoms with E-state index in [4.69, 9.17) is 10.8 Å². The summed E-state index contributed by atoms with van der Waals surface area (Å²) >= 11 is 0. The molecule has 0 aliphatic carbocycles. The fraction of sp³-hybridized carbons (Fsp3) is 0.500. The molecule has 0 saturated heterocycles. The molecule has 21 heavy (non-hydrogen) atoms. The number of nitrogens with two attached hydrogens (primary N) is 1. The number of hydrogen-bond donors (Lipinski definition) is 2. The molecule has 0 saturated carbocycles. The Morgan fingerprint density at radius 1 is 1.29 bits per heavy atom. The van der Waals surface area contributed by atoms with E-state index in [0.717, 1.165) is 11.1 Å². The van der Waals surface area contributed by atoms with Crippen LogP contribution in [-0.2, 0) is 17.9 Å². The minimum Gasteiger partial charge on any atom is -0.478 e. The molecule has 1 atom stereocenters. The molecule has 1 aliphatic heterocycles. The van der Waals surface area contributed by atoms with Gasteiger partial charge in [-0.3, -0.25) is 4.79 Å². The predicted octanol–water partition coefficient (Wildman–Crippen LogP) is 1.99. The summed E-state index contributed by atoms with van der Waals surface area (Å²) in [7, 11) is 0. The number of aromatic carboxylic acids is 1. The zero-order valence-electron chi connectivity index (χ0n) is 12.7. The van der Waals surface area contributed by atoms with Crippen molar-refractivity contribution in [3.8, 4) is 0 Å². The third-order valence-corrected chi connectivity index (χ3v) is 4.04. The number of amides is 1. The molecule has 1 heterocycles. The van der Waals surface area contributed by atoms with Crippen molar-refractivity contribution in [1.29, 1.82) is 0 Å². The molecule has 1 aromatic carbocycles. The standard InChI is InChI=1S/C16H22N2O3/c1-16(2,3)13(17)7-14(19)18-8-11-5-4-10(15(20)21)6-12(11)9-18/h4-6,13H,7-9,17H2,1-3H3,(H,20,21). The Morgan fingerprint density at radius 3 is 2.48 bits per heavy atom. The highest BCUT2D eigenvalue weighted by atomic mass is 16.4. The van der Waals surface area contributed by atoms with Crippen LogP contribution in [0.5, 0.6) is 0 Å². The summed E-state index contributed by atoms with van der Waals surface area (Å²) in [6, 6.07) is 4.82. The van der Waals surface area contributed by atoms with Crippen LogP contribution in [0.2, 0.25) is 0 Å². The highest BCUT2D eigenvalue weighted by molar-refractivity contribution is 5.88. The van der Waals surface area contributed by atoms with E-state index in [1.54, 1.807) is 23.1 Å². The first kappa shape index (κ1) is 15.5. The summed E-state index contributed by atoms with van der Waals surface area (Å²) in [5.74, 6) is -0.928. The Morgan fingerprint density at radius 2 is 1.90 bits per heavy atom. The number of fused-ring (bicyclic) bond motifs is 1. The second kappa shape index (κ2) is 5.48. The number of rotatable bonds is 3. The van der Waals surface area contributed by atoms with E-state index in [-0.39, 0.29) is 22.9 Å². The van der Waals surface area contributed by atoms with E-state index in [1.807, 2.05) is 20.8 Å². The lowest BCUT2D eigenvalue weighted by Crippen LogP contribution is -2.40. The van der Waals surface area contributed by atoms with E-state index < -0.39 is 5.97 Å². The van der Waals surface area contributed by atoms with Gasteiger partial charge in [-0.15, -0.1) is 0 Å². The van der Waals surface area contributed by atoms with E-state index in [1.165, 1.54) is 0 Å². The number of benzene rings is 1. The smallest absolute Gasteiger partial charge is 0.335 e. The Labute approximate surface area is 124 Å². The number of carboxylic acid groups (broad SMARTS) is 1. The van der Waals surface area contributed by atoms with Gasteiger partial charge in [0.05, 0.1) is 5.56 Å². The van der Waals surface area contributed by atoms with E-state index in [9.17, 15) is 9.59 Å². The second-order valence-corrected chi connectivity index (χ2v) is 6.72. The number of hydrogen-bond acceptors (Lipinski definition) is 3. The average Bonchev–Trinajstić information content (AvgIpc) is 2.80. The van der Waals surface area contributed by atoms with Gasteiger partial charge in [-0.2, -0.15) is 0 Å². The first-order valence-electron chi connectivity index (χ1n) is 7.07. The van der Waals surface area contributed by atoms with Crippen LogP contribution in [0, 0.1) is 5.41 Å². The van der Waals surface area contributed by atoms with Crippen molar-refractivity contribution in [2.24, 2.45) is 11.1 Å². The highest BCUT2D eigenvalue weighted by Gasteiger charge is 2.29. The zero-order valence-corrected chi connectivity index (χ0v) is 12.7. The average molecular weight is 290 g/mol. The van der Waals surface area contributed by atoms with Crippen molar-refractivity contribution < 1.29 is 14.7 Å². The van der Waals surface area contributed by atoms with Gasteiger partial charge in [0.2, 0.25) is 5.91 Å². The summed E-state index contributed by atoms with van der Waals surface area (Å²) in [5.41, 5.74) is 8.13. The molecule has 1 aliphatic rings. The van der Waals surface area contributed by atoms with Crippen molar-refractivity contribution in [3.05, 3.63) is 34.9 Å². The van der Waals surface area contributed by atoms with Crippen LogP contribution in [0.1, 0.15) is 48.7 Å². The maximum absolute atomic E-state index is 12.3. The SMILES string of the molecule is CC(C)(C)C(N)CC(=O)N1Cc2ccc(C(=O)O)cc2C1. The molecule has 3 N–H and O–H groups in total. The van der Waals surface area contributed by atoms with Crippen LogP contribution in [-0.4, -0.2) is 27.9 Å². The summed E-state index contributed by atoms with van der Waals surface area (Å²) in [6.07, 6.45) is 0.309. The molecule has 1 aromatic rings. The van der Waals surface area contributed by atoms with Gasteiger partial charge in [0, 0.05) is 25.6 Å². The number of carboxylic acids is 1. The van der Waals surface area contributed by atoms with Gasteiger partial charge in [0.1, 0.15) is 0 Å². The Hall–Kier alpha value is -1.88. The summed E-state index contributed by atoms with van der Waals surface area (Å²) < 4.78 is 0. The topological polar surface area (TPSA) is 83.6 Å². The molecular weight excluding hydrogens is 268 g/mol. The molecule has 5 nitrogen and oxygen atoms in total. The van der Waals surface area contributed by atoms with Crippen LogP contribution < -0.4 is 5.73 Å². The van der Waals surface area contributed by atoms with Crippen LogP contribution in [0.25, 0.3) is 0 Å². The maximum atomic E-state index is 12.3.